The summed E-state index contributed by atoms with van der Waals surface area (Å²) in [6.07, 6.45) is 6.57. The van der Waals surface area contributed by atoms with E-state index in [1.54, 1.807) is 6.07 Å². The quantitative estimate of drug-likeness (QED) is 0.763. The number of halogens is 1. The van der Waals surface area contributed by atoms with Crippen LogP contribution in [0.2, 0.25) is 0 Å². The molecule has 0 aromatic heterocycles. The van der Waals surface area contributed by atoms with Gasteiger partial charge in [-0.1, -0.05) is 19.8 Å². The molecule has 0 amide bonds. The molecule has 3 aliphatic carbocycles. The molecule has 0 aliphatic heterocycles. The number of rotatable bonds is 0. The highest BCUT2D eigenvalue weighted by Gasteiger charge is 2.64. The summed E-state index contributed by atoms with van der Waals surface area (Å²) in [4.78, 5) is 0. The van der Waals surface area contributed by atoms with Crippen LogP contribution in [0.15, 0.2) is 12.1 Å². The van der Waals surface area contributed by atoms with Gasteiger partial charge in [0.1, 0.15) is 11.6 Å². The van der Waals surface area contributed by atoms with E-state index < -0.39 is 0 Å². The van der Waals surface area contributed by atoms with Crippen molar-refractivity contribution < 1.29 is 9.50 Å². The lowest BCUT2D eigenvalue weighted by Gasteiger charge is -2.48. The summed E-state index contributed by atoms with van der Waals surface area (Å²) in [7, 11) is 0. The first-order valence-electron chi connectivity index (χ1n) is 7.75. The summed E-state index contributed by atoms with van der Waals surface area (Å²) in [5, 5.41) is 9.79. The maximum absolute atomic E-state index is 14.4. The normalized spacial score (nSPS) is 42.1. The summed E-state index contributed by atoms with van der Waals surface area (Å²) in [6.45, 7) is 2.18. The molecule has 108 valence electrons. The van der Waals surface area contributed by atoms with Crippen LogP contribution in [0.1, 0.15) is 50.2 Å². The van der Waals surface area contributed by atoms with E-state index in [9.17, 15) is 9.50 Å². The predicted octanol–water partition coefficient (Wildman–Crippen LogP) is 3.25. The second-order valence-electron chi connectivity index (χ2n) is 7.41. The van der Waals surface area contributed by atoms with Gasteiger partial charge in [-0.3, -0.25) is 0 Å². The molecule has 0 radical (unpaired) electrons. The lowest BCUT2D eigenvalue weighted by Crippen LogP contribution is -2.55. The van der Waals surface area contributed by atoms with E-state index in [0.717, 1.165) is 36.8 Å². The van der Waals surface area contributed by atoms with E-state index in [1.807, 2.05) is 0 Å². The molecule has 2 nitrogen and oxygen atoms in total. The average molecular weight is 275 g/mol. The first-order valence-corrected chi connectivity index (χ1v) is 7.75. The van der Waals surface area contributed by atoms with Crippen LogP contribution in [0.5, 0.6) is 5.75 Å². The van der Waals surface area contributed by atoms with E-state index in [4.69, 9.17) is 5.73 Å². The molecular formula is C17H22FNO. The molecule has 2 saturated carbocycles. The Hall–Kier alpha value is -1.09. The lowest BCUT2D eigenvalue weighted by molar-refractivity contribution is 0.180. The molecule has 4 rings (SSSR count). The zero-order valence-corrected chi connectivity index (χ0v) is 12.0. The van der Waals surface area contributed by atoms with Crippen LogP contribution in [0.4, 0.5) is 4.39 Å². The number of aromatic hydroxyl groups is 1. The fraction of sp³-hybridized carbons (Fsp3) is 0.647. The SMILES string of the molecule is C[C@@]12CCCC[C@H]3CC3(Cc3c(F)cc(O)cc31)[C@@H]2N. The second kappa shape index (κ2) is 3.76. The smallest absolute Gasteiger partial charge is 0.130 e. The van der Waals surface area contributed by atoms with E-state index in [2.05, 4.69) is 6.92 Å². The summed E-state index contributed by atoms with van der Waals surface area (Å²) >= 11 is 0. The molecule has 0 saturated heterocycles. The minimum atomic E-state index is -0.247. The molecule has 3 N–H and O–H groups in total. The minimum absolute atomic E-state index is 0.0278. The largest absolute Gasteiger partial charge is 0.508 e. The molecule has 1 aromatic rings. The monoisotopic (exact) mass is 275 g/mol. The Morgan fingerprint density at radius 3 is 2.95 bits per heavy atom. The molecule has 4 atom stereocenters. The zero-order chi connectivity index (χ0) is 14.1. The van der Waals surface area contributed by atoms with Crippen LogP contribution in [-0.4, -0.2) is 11.1 Å². The van der Waals surface area contributed by atoms with Crippen LogP contribution in [0.3, 0.4) is 0 Å². The van der Waals surface area contributed by atoms with Gasteiger partial charge in [0.25, 0.3) is 0 Å². The van der Waals surface area contributed by atoms with Gasteiger partial charge in [-0.25, -0.2) is 4.39 Å². The van der Waals surface area contributed by atoms with Gasteiger partial charge in [-0.15, -0.1) is 0 Å². The van der Waals surface area contributed by atoms with Gasteiger partial charge in [-0.05, 0) is 54.2 Å². The van der Waals surface area contributed by atoms with Gasteiger partial charge < -0.3 is 10.8 Å². The molecule has 1 unspecified atom stereocenters. The Labute approximate surface area is 119 Å². The number of nitrogens with two attached hydrogens (primary N) is 1. The van der Waals surface area contributed by atoms with E-state index in [-0.39, 0.29) is 28.4 Å². The van der Waals surface area contributed by atoms with E-state index in [0.29, 0.717) is 5.92 Å². The Balaban J connectivity index is 1.94. The van der Waals surface area contributed by atoms with Crippen molar-refractivity contribution in [3.8, 4) is 5.75 Å². The van der Waals surface area contributed by atoms with Gasteiger partial charge in [0, 0.05) is 17.5 Å². The first-order chi connectivity index (χ1) is 9.47. The molecule has 2 bridgehead atoms. The van der Waals surface area contributed by atoms with Crippen molar-refractivity contribution in [2.24, 2.45) is 17.1 Å². The Kier molecular flexibility index (Phi) is 2.37. The molecule has 20 heavy (non-hydrogen) atoms. The van der Waals surface area contributed by atoms with Crippen molar-refractivity contribution >= 4 is 0 Å². The average Bonchev–Trinajstić information content (AvgIpc) is 3.08. The Morgan fingerprint density at radius 1 is 1.35 bits per heavy atom. The third-order valence-electron chi connectivity index (χ3n) is 6.39. The first kappa shape index (κ1) is 12.6. The van der Waals surface area contributed by atoms with Gasteiger partial charge >= 0.3 is 0 Å². The second-order valence-corrected chi connectivity index (χ2v) is 7.41. The van der Waals surface area contributed by atoms with Crippen molar-refractivity contribution in [3.05, 3.63) is 29.1 Å². The van der Waals surface area contributed by atoms with Crippen LogP contribution in [0.25, 0.3) is 0 Å². The van der Waals surface area contributed by atoms with Gasteiger partial charge in [-0.2, -0.15) is 0 Å². The summed E-state index contributed by atoms with van der Waals surface area (Å²) < 4.78 is 14.4. The molecule has 3 aliphatic rings. The van der Waals surface area contributed by atoms with Crippen molar-refractivity contribution in [2.45, 2.75) is 56.9 Å². The summed E-state index contributed by atoms with van der Waals surface area (Å²) in [5.74, 6) is 0.460. The van der Waals surface area contributed by atoms with Gasteiger partial charge in [0.2, 0.25) is 0 Å². The highest BCUT2D eigenvalue weighted by Crippen LogP contribution is 2.66. The Morgan fingerprint density at radius 2 is 2.15 bits per heavy atom. The van der Waals surface area contributed by atoms with Crippen LogP contribution in [0, 0.1) is 17.2 Å². The fourth-order valence-electron chi connectivity index (χ4n) is 5.11. The number of hydrogen-bond donors (Lipinski definition) is 2. The standard InChI is InChI=1S/C17H22FNO/c1-16-5-3-2-4-10-8-17(10,15(16)19)9-12-13(16)6-11(20)7-14(12)18/h6-7,10,15,20H,2-5,8-9,19H2,1H3/t10-,15+,16+,17?/m0/s1. The zero-order valence-electron chi connectivity index (χ0n) is 12.0. The number of benzene rings is 1. The van der Waals surface area contributed by atoms with Crippen LogP contribution in [-0.2, 0) is 11.8 Å². The van der Waals surface area contributed by atoms with Crippen LogP contribution < -0.4 is 5.73 Å². The summed E-state index contributed by atoms with van der Waals surface area (Å²) in [6, 6.07) is 3.10. The van der Waals surface area contributed by atoms with Gasteiger partial charge in [0.15, 0.2) is 0 Å². The van der Waals surface area contributed by atoms with Crippen LogP contribution >= 0.6 is 0 Å². The molecule has 2 fully saturated rings. The predicted molar refractivity (Wildman–Crippen MR) is 76.1 cm³/mol. The van der Waals surface area contributed by atoms with Crippen molar-refractivity contribution in [3.63, 3.8) is 0 Å². The maximum atomic E-state index is 14.4. The topological polar surface area (TPSA) is 46.2 Å². The molecule has 0 heterocycles. The molecule has 1 aromatic carbocycles. The number of phenolic OH excluding ortho intramolecular Hbond substituents is 1. The number of hydrogen-bond acceptors (Lipinski definition) is 2. The minimum Gasteiger partial charge on any atom is -0.508 e. The third kappa shape index (κ3) is 1.42. The van der Waals surface area contributed by atoms with Crippen molar-refractivity contribution in [2.75, 3.05) is 0 Å². The maximum Gasteiger partial charge on any atom is 0.130 e. The molecule has 1 spiro atoms. The van der Waals surface area contributed by atoms with E-state index >= 15 is 0 Å². The molecule has 3 heteroatoms. The number of phenols is 1. The fourth-order valence-corrected chi connectivity index (χ4v) is 5.11. The summed E-state index contributed by atoms with van der Waals surface area (Å²) in [5.41, 5.74) is 8.38. The molecular weight excluding hydrogens is 253 g/mol. The van der Waals surface area contributed by atoms with Gasteiger partial charge in [0.05, 0.1) is 0 Å². The highest BCUT2D eigenvalue weighted by atomic mass is 19.1. The highest BCUT2D eigenvalue weighted by molar-refractivity contribution is 5.47. The lowest BCUT2D eigenvalue weighted by atomic mass is 9.58. The van der Waals surface area contributed by atoms with E-state index in [1.165, 1.54) is 18.9 Å². The van der Waals surface area contributed by atoms with Crippen molar-refractivity contribution in [1.29, 1.82) is 0 Å². The Bertz CT molecular complexity index is 587. The number of fused-ring (bicyclic) bond motifs is 3. The van der Waals surface area contributed by atoms with Crippen molar-refractivity contribution in [1.82, 2.24) is 0 Å². The third-order valence-corrected chi connectivity index (χ3v) is 6.39.